The molecule has 4 aromatic rings. The highest BCUT2D eigenvalue weighted by atomic mass is 19.1. The molecule has 1 atom stereocenters. The number of aryl methyl sites for hydroxylation is 1. The molecular formula is C21H17F2N5O2. The van der Waals surface area contributed by atoms with Gasteiger partial charge in [-0.05, 0) is 29.8 Å². The minimum Gasteiger partial charge on any atom is -0.494 e. The fraction of sp³-hybridized carbons (Fsp3) is 0.143. The molecule has 1 N–H and O–H groups in total. The summed E-state index contributed by atoms with van der Waals surface area (Å²) in [7, 11) is 3.12. The van der Waals surface area contributed by atoms with Crippen molar-refractivity contribution in [3.63, 3.8) is 0 Å². The summed E-state index contributed by atoms with van der Waals surface area (Å²) in [4.78, 5) is 20.7. The van der Waals surface area contributed by atoms with Crippen LogP contribution >= 0.6 is 0 Å². The summed E-state index contributed by atoms with van der Waals surface area (Å²) in [6.45, 7) is 0. The van der Waals surface area contributed by atoms with Gasteiger partial charge in [0, 0.05) is 36.5 Å². The fourth-order valence-electron chi connectivity index (χ4n) is 3.13. The van der Waals surface area contributed by atoms with E-state index in [-0.39, 0.29) is 11.4 Å². The van der Waals surface area contributed by atoms with Crippen molar-refractivity contribution in [1.82, 2.24) is 25.1 Å². The van der Waals surface area contributed by atoms with E-state index in [0.717, 1.165) is 6.07 Å². The molecule has 4 rings (SSSR count). The van der Waals surface area contributed by atoms with Gasteiger partial charge in [-0.1, -0.05) is 6.07 Å². The molecule has 1 amide bonds. The van der Waals surface area contributed by atoms with E-state index in [0.29, 0.717) is 22.0 Å². The molecule has 9 heteroatoms. The summed E-state index contributed by atoms with van der Waals surface area (Å²) >= 11 is 0. The second kappa shape index (κ2) is 7.86. The molecular weight excluding hydrogens is 392 g/mol. The number of halogens is 2. The van der Waals surface area contributed by atoms with Crippen molar-refractivity contribution >= 4 is 16.8 Å². The predicted molar refractivity (Wildman–Crippen MR) is 105 cm³/mol. The Bertz CT molecular complexity index is 1240. The van der Waals surface area contributed by atoms with Crippen LogP contribution in [0, 0.1) is 11.8 Å². The van der Waals surface area contributed by atoms with Crippen LogP contribution in [0.5, 0.6) is 5.75 Å². The monoisotopic (exact) mass is 409 g/mol. The molecule has 0 aliphatic carbocycles. The molecule has 3 aromatic heterocycles. The predicted octanol–water partition coefficient (Wildman–Crippen LogP) is 3.17. The molecule has 152 valence electrons. The number of carbonyl (C=O) groups excluding carboxylic acids is 1. The molecule has 0 bridgehead atoms. The Morgan fingerprint density at radius 3 is 2.67 bits per heavy atom. The van der Waals surface area contributed by atoms with Gasteiger partial charge in [0.2, 0.25) is 5.95 Å². The Kier molecular flexibility index (Phi) is 5.09. The molecule has 0 saturated carbocycles. The van der Waals surface area contributed by atoms with Crippen molar-refractivity contribution in [2.45, 2.75) is 6.04 Å². The maximum absolute atomic E-state index is 14.3. The van der Waals surface area contributed by atoms with Crippen molar-refractivity contribution in [1.29, 1.82) is 0 Å². The molecule has 0 saturated heterocycles. The number of hydrogen-bond donors (Lipinski definition) is 1. The summed E-state index contributed by atoms with van der Waals surface area (Å²) in [5.74, 6) is -1.64. The summed E-state index contributed by atoms with van der Waals surface area (Å²) in [6.07, 6.45) is 4.65. The molecule has 0 aliphatic rings. The first-order chi connectivity index (χ1) is 14.4. The molecule has 0 spiro atoms. The molecule has 7 nitrogen and oxygen atoms in total. The molecule has 0 fully saturated rings. The van der Waals surface area contributed by atoms with Crippen molar-refractivity contribution in [2.75, 3.05) is 7.11 Å². The smallest absolute Gasteiger partial charge is 0.270 e. The standard InChI is InChI=1S/C21H17F2N5O2/c1-28-11-14(10-25-28)20(12-4-6-18(30-2)15(22)7-12)27-21(29)16-5-3-13-9-24-19(23)8-17(13)26-16/h3-11,20H,1-2H3,(H,27,29). The Labute approximate surface area is 170 Å². The number of ether oxygens (including phenoxy) is 1. The Morgan fingerprint density at radius 1 is 1.13 bits per heavy atom. The number of benzene rings is 1. The summed E-state index contributed by atoms with van der Waals surface area (Å²) < 4.78 is 34.3. The quantitative estimate of drug-likeness (QED) is 0.512. The molecule has 0 radical (unpaired) electrons. The number of amides is 1. The third kappa shape index (κ3) is 3.82. The number of methoxy groups -OCH3 is 1. The molecule has 1 unspecified atom stereocenters. The summed E-state index contributed by atoms with van der Waals surface area (Å²) in [5, 5.41) is 7.59. The zero-order chi connectivity index (χ0) is 21.3. The van der Waals surface area contributed by atoms with Crippen molar-refractivity contribution in [3.05, 3.63) is 83.6 Å². The van der Waals surface area contributed by atoms with E-state index < -0.39 is 23.7 Å². The van der Waals surface area contributed by atoms with E-state index in [1.165, 1.54) is 31.5 Å². The van der Waals surface area contributed by atoms with Crippen LogP contribution in [-0.2, 0) is 7.05 Å². The number of rotatable bonds is 5. The lowest BCUT2D eigenvalue weighted by molar-refractivity contribution is 0.0938. The van der Waals surface area contributed by atoms with Gasteiger partial charge in [-0.3, -0.25) is 9.48 Å². The number of aromatic nitrogens is 4. The molecule has 3 heterocycles. The molecule has 0 aliphatic heterocycles. The van der Waals surface area contributed by atoms with Crippen molar-refractivity contribution in [2.24, 2.45) is 7.05 Å². The van der Waals surface area contributed by atoms with Gasteiger partial charge in [-0.15, -0.1) is 0 Å². The van der Waals surface area contributed by atoms with Crippen LogP contribution in [-0.4, -0.2) is 32.8 Å². The number of pyridine rings is 2. The maximum atomic E-state index is 14.3. The second-order valence-corrected chi connectivity index (χ2v) is 6.64. The van der Waals surface area contributed by atoms with Gasteiger partial charge in [-0.25, -0.2) is 14.4 Å². The number of hydrogen-bond acceptors (Lipinski definition) is 5. The first kappa shape index (κ1) is 19.4. The van der Waals surface area contributed by atoms with E-state index in [9.17, 15) is 13.6 Å². The molecule has 1 aromatic carbocycles. The van der Waals surface area contributed by atoms with E-state index in [1.807, 2.05) is 0 Å². The third-order valence-electron chi connectivity index (χ3n) is 4.62. The van der Waals surface area contributed by atoms with Crippen LogP contribution in [0.1, 0.15) is 27.7 Å². The van der Waals surface area contributed by atoms with Gasteiger partial charge in [-0.2, -0.15) is 9.49 Å². The SMILES string of the molecule is COc1ccc(C(NC(=O)c2ccc3cnc(F)cc3n2)c2cnn(C)c2)cc1F. The lowest BCUT2D eigenvalue weighted by Gasteiger charge is -2.18. The van der Waals surface area contributed by atoms with Crippen LogP contribution in [0.25, 0.3) is 10.9 Å². The average Bonchev–Trinajstić information content (AvgIpc) is 3.17. The van der Waals surface area contributed by atoms with Crippen LogP contribution < -0.4 is 10.1 Å². The fourth-order valence-corrected chi connectivity index (χ4v) is 3.13. The lowest BCUT2D eigenvalue weighted by Crippen LogP contribution is -2.30. The van der Waals surface area contributed by atoms with Gasteiger partial charge in [0.1, 0.15) is 5.69 Å². The van der Waals surface area contributed by atoms with E-state index in [2.05, 4.69) is 20.4 Å². The van der Waals surface area contributed by atoms with Gasteiger partial charge in [0.15, 0.2) is 11.6 Å². The summed E-state index contributed by atoms with van der Waals surface area (Å²) in [6, 6.07) is 8.08. The zero-order valence-electron chi connectivity index (χ0n) is 16.1. The zero-order valence-corrected chi connectivity index (χ0v) is 16.1. The van der Waals surface area contributed by atoms with E-state index in [1.54, 1.807) is 36.3 Å². The van der Waals surface area contributed by atoms with E-state index in [4.69, 9.17) is 4.74 Å². The first-order valence-electron chi connectivity index (χ1n) is 9.00. The number of nitrogens with one attached hydrogen (secondary N) is 1. The van der Waals surface area contributed by atoms with Gasteiger partial charge >= 0.3 is 0 Å². The Hall–Kier alpha value is -3.88. The van der Waals surface area contributed by atoms with E-state index >= 15 is 0 Å². The average molecular weight is 409 g/mol. The normalized spacial score (nSPS) is 12.0. The van der Waals surface area contributed by atoms with Crippen LogP contribution in [0.4, 0.5) is 8.78 Å². The molecule has 30 heavy (non-hydrogen) atoms. The minimum atomic E-state index is -0.686. The van der Waals surface area contributed by atoms with Crippen molar-refractivity contribution < 1.29 is 18.3 Å². The highest BCUT2D eigenvalue weighted by molar-refractivity contribution is 5.95. The second-order valence-electron chi connectivity index (χ2n) is 6.64. The van der Waals surface area contributed by atoms with Crippen LogP contribution in [0.15, 0.2) is 55.0 Å². The third-order valence-corrected chi connectivity index (χ3v) is 4.62. The number of carbonyl (C=O) groups is 1. The van der Waals surface area contributed by atoms with Crippen molar-refractivity contribution in [3.8, 4) is 5.75 Å². The minimum absolute atomic E-state index is 0.0935. The first-order valence-corrected chi connectivity index (χ1v) is 9.00. The lowest BCUT2D eigenvalue weighted by atomic mass is 10.0. The highest BCUT2D eigenvalue weighted by Gasteiger charge is 2.21. The van der Waals surface area contributed by atoms with Gasteiger partial charge in [0.25, 0.3) is 5.91 Å². The van der Waals surface area contributed by atoms with Crippen LogP contribution in [0.3, 0.4) is 0 Å². The number of fused-ring (bicyclic) bond motifs is 1. The Morgan fingerprint density at radius 2 is 1.97 bits per heavy atom. The van der Waals surface area contributed by atoms with Gasteiger partial charge < -0.3 is 10.1 Å². The topological polar surface area (TPSA) is 81.9 Å². The maximum Gasteiger partial charge on any atom is 0.270 e. The highest BCUT2D eigenvalue weighted by Crippen LogP contribution is 2.27. The number of nitrogens with zero attached hydrogens (tertiary/aromatic N) is 4. The van der Waals surface area contributed by atoms with Gasteiger partial charge in [0.05, 0.1) is 24.9 Å². The Balaban J connectivity index is 1.69. The largest absolute Gasteiger partial charge is 0.494 e. The summed E-state index contributed by atoms with van der Waals surface area (Å²) in [5.41, 5.74) is 1.57. The van der Waals surface area contributed by atoms with Crippen LogP contribution in [0.2, 0.25) is 0 Å².